The van der Waals surface area contributed by atoms with Crippen molar-refractivity contribution in [2.24, 2.45) is 0 Å². The van der Waals surface area contributed by atoms with Crippen LogP contribution in [0.5, 0.6) is 5.75 Å². The molecule has 0 radical (unpaired) electrons. The fourth-order valence-electron chi connectivity index (χ4n) is 3.84. The van der Waals surface area contributed by atoms with Gasteiger partial charge >= 0.3 is 0 Å². The monoisotopic (exact) mass is 443 g/mol. The van der Waals surface area contributed by atoms with Crippen LogP contribution in [-0.2, 0) is 11.3 Å². The van der Waals surface area contributed by atoms with Gasteiger partial charge in [-0.25, -0.2) is 18.7 Å². The van der Waals surface area contributed by atoms with E-state index in [2.05, 4.69) is 10.2 Å². The number of rotatable bonds is 5. The topological polar surface area (TPSA) is 70.6 Å². The average molecular weight is 443 g/mol. The predicted molar refractivity (Wildman–Crippen MR) is 118 cm³/mol. The van der Waals surface area contributed by atoms with Crippen LogP contribution < -0.4 is 15.0 Å². The van der Waals surface area contributed by atoms with Gasteiger partial charge in [0.2, 0.25) is 5.91 Å². The van der Waals surface area contributed by atoms with Gasteiger partial charge in [-0.2, -0.15) is 0 Å². The Morgan fingerprint density at radius 2 is 1.97 bits per heavy atom. The summed E-state index contributed by atoms with van der Waals surface area (Å²) < 4.78 is 32.8. The van der Waals surface area contributed by atoms with E-state index in [0.29, 0.717) is 38.3 Å². The second-order valence-corrected chi connectivity index (χ2v) is 8.37. The molecule has 2 aromatic rings. The third-order valence-electron chi connectivity index (χ3n) is 5.47. The van der Waals surface area contributed by atoms with Crippen molar-refractivity contribution in [3.05, 3.63) is 47.4 Å². The van der Waals surface area contributed by atoms with Crippen LogP contribution in [-0.4, -0.2) is 46.0 Å². The molecule has 1 saturated heterocycles. The number of ether oxygens (including phenoxy) is 1. The molecule has 1 aromatic carbocycles. The molecule has 0 saturated carbocycles. The number of anilines is 2. The first-order valence-electron chi connectivity index (χ1n) is 10.8. The molecular formula is C23H27F2N5O2. The Morgan fingerprint density at radius 3 is 2.62 bits per heavy atom. The molecule has 170 valence electrons. The number of hydrogen-bond donors (Lipinski definition) is 1. The quantitative estimate of drug-likeness (QED) is 0.755. The summed E-state index contributed by atoms with van der Waals surface area (Å²) in [6, 6.07) is 3.52. The summed E-state index contributed by atoms with van der Waals surface area (Å²) in [7, 11) is 0. The molecule has 2 aliphatic heterocycles. The minimum absolute atomic E-state index is 0.0504. The van der Waals surface area contributed by atoms with E-state index in [1.54, 1.807) is 17.2 Å². The normalized spacial score (nSPS) is 16.3. The Bertz CT molecular complexity index is 1040. The molecule has 1 amide bonds. The predicted octanol–water partition coefficient (Wildman–Crippen LogP) is 3.96. The SMILES string of the molecule is CC(=O)N1C=Cc2nc(NC(C)C)c(N3CCC(Oc4ccc(F)cc4F)CC3)nc2C1. The van der Waals surface area contributed by atoms with Gasteiger partial charge in [0.25, 0.3) is 0 Å². The smallest absolute Gasteiger partial charge is 0.223 e. The standard InChI is InChI=1S/C23H27F2N5O2/c1-14(2)26-22-23(28-20-13-30(15(3)31)11-8-19(20)27-22)29-9-6-17(7-10-29)32-21-5-4-16(24)12-18(21)25/h4-5,8,11-12,14,17H,6-7,9-10,13H2,1-3H3,(H,26,27). The minimum Gasteiger partial charge on any atom is -0.487 e. The third kappa shape index (κ3) is 4.81. The Kier molecular flexibility index (Phi) is 6.25. The molecule has 9 heteroatoms. The lowest BCUT2D eigenvalue weighted by atomic mass is 10.1. The van der Waals surface area contributed by atoms with Gasteiger partial charge in [0.1, 0.15) is 11.9 Å². The van der Waals surface area contributed by atoms with E-state index in [1.807, 2.05) is 13.8 Å². The molecule has 4 rings (SSSR count). The number of carbonyl (C=O) groups is 1. The van der Waals surface area contributed by atoms with Gasteiger partial charge in [-0.3, -0.25) is 4.79 Å². The zero-order valence-electron chi connectivity index (χ0n) is 18.4. The number of carbonyl (C=O) groups excluding carboxylic acids is 1. The van der Waals surface area contributed by atoms with Crippen molar-refractivity contribution < 1.29 is 18.3 Å². The van der Waals surface area contributed by atoms with Crippen LogP contribution in [0.2, 0.25) is 0 Å². The zero-order chi connectivity index (χ0) is 22.8. The first-order valence-corrected chi connectivity index (χ1v) is 10.8. The summed E-state index contributed by atoms with van der Waals surface area (Å²) in [5, 5.41) is 3.37. The number of amides is 1. The van der Waals surface area contributed by atoms with Crippen molar-refractivity contribution in [1.29, 1.82) is 0 Å². The molecule has 1 N–H and O–H groups in total. The second kappa shape index (κ2) is 9.10. The van der Waals surface area contributed by atoms with Crippen LogP contribution in [0, 0.1) is 11.6 Å². The van der Waals surface area contributed by atoms with E-state index < -0.39 is 11.6 Å². The van der Waals surface area contributed by atoms with Crippen LogP contribution in [0.1, 0.15) is 45.0 Å². The minimum atomic E-state index is -0.695. The van der Waals surface area contributed by atoms with Crippen molar-refractivity contribution in [2.45, 2.75) is 52.3 Å². The fourth-order valence-corrected chi connectivity index (χ4v) is 3.84. The van der Waals surface area contributed by atoms with Crippen molar-refractivity contribution in [1.82, 2.24) is 14.9 Å². The lowest BCUT2D eigenvalue weighted by molar-refractivity contribution is -0.126. The third-order valence-corrected chi connectivity index (χ3v) is 5.47. The zero-order valence-corrected chi connectivity index (χ0v) is 18.4. The summed E-state index contributed by atoms with van der Waals surface area (Å²) in [6.07, 6.45) is 4.69. The highest BCUT2D eigenvalue weighted by molar-refractivity contribution is 5.77. The Balaban J connectivity index is 1.51. The number of nitrogens with one attached hydrogen (secondary N) is 1. The van der Waals surface area contributed by atoms with Crippen molar-refractivity contribution in [2.75, 3.05) is 23.3 Å². The maximum atomic E-state index is 13.9. The van der Waals surface area contributed by atoms with Gasteiger partial charge in [0.15, 0.2) is 23.2 Å². The van der Waals surface area contributed by atoms with E-state index in [0.717, 1.165) is 23.3 Å². The Labute approximate surface area is 186 Å². The van der Waals surface area contributed by atoms with E-state index in [4.69, 9.17) is 14.7 Å². The molecule has 0 aliphatic carbocycles. The van der Waals surface area contributed by atoms with Crippen LogP contribution in [0.25, 0.3) is 6.08 Å². The Morgan fingerprint density at radius 1 is 1.22 bits per heavy atom. The number of hydrogen-bond acceptors (Lipinski definition) is 6. The molecule has 0 unspecified atom stereocenters. The summed E-state index contributed by atoms with van der Waals surface area (Å²) in [5.74, 6) is 0.132. The molecule has 7 nitrogen and oxygen atoms in total. The van der Waals surface area contributed by atoms with Crippen molar-refractivity contribution in [3.8, 4) is 5.75 Å². The van der Waals surface area contributed by atoms with Crippen LogP contribution in [0.4, 0.5) is 20.4 Å². The summed E-state index contributed by atoms with van der Waals surface area (Å²) in [6.45, 7) is 7.28. The first kappa shape index (κ1) is 22.0. The lowest BCUT2D eigenvalue weighted by Crippen LogP contribution is -2.40. The number of fused-ring (bicyclic) bond motifs is 1. The number of aromatic nitrogens is 2. The second-order valence-electron chi connectivity index (χ2n) is 8.37. The van der Waals surface area contributed by atoms with Crippen LogP contribution in [0.3, 0.4) is 0 Å². The van der Waals surface area contributed by atoms with Gasteiger partial charge < -0.3 is 19.9 Å². The van der Waals surface area contributed by atoms with E-state index >= 15 is 0 Å². The highest BCUT2D eigenvalue weighted by Gasteiger charge is 2.27. The molecule has 1 fully saturated rings. The Hall–Kier alpha value is -3.23. The van der Waals surface area contributed by atoms with Gasteiger partial charge in [-0.1, -0.05) is 0 Å². The number of piperidine rings is 1. The molecule has 0 spiro atoms. The van der Waals surface area contributed by atoms with Crippen molar-refractivity contribution >= 4 is 23.6 Å². The summed E-state index contributed by atoms with van der Waals surface area (Å²) in [4.78, 5) is 25.2. The summed E-state index contributed by atoms with van der Waals surface area (Å²) in [5.41, 5.74) is 1.50. The van der Waals surface area contributed by atoms with Crippen molar-refractivity contribution in [3.63, 3.8) is 0 Å². The van der Waals surface area contributed by atoms with Gasteiger partial charge in [0, 0.05) is 51.2 Å². The number of halogens is 2. The van der Waals surface area contributed by atoms with E-state index in [-0.39, 0.29) is 23.8 Å². The van der Waals surface area contributed by atoms with Gasteiger partial charge in [-0.05, 0) is 32.1 Å². The highest BCUT2D eigenvalue weighted by Crippen LogP contribution is 2.30. The molecule has 1 aromatic heterocycles. The largest absolute Gasteiger partial charge is 0.487 e. The molecule has 2 aliphatic rings. The molecule has 3 heterocycles. The first-order chi connectivity index (χ1) is 15.3. The van der Waals surface area contributed by atoms with E-state index in [9.17, 15) is 13.6 Å². The number of nitrogens with zero attached hydrogens (tertiary/aromatic N) is 4. The lowest BCUT2D eigenvalue weighted by Gasteiger charge is -2.34. The maximum Gasteiger partial charge on any atom is 0.223 e. The van der Waals surface area contributed by atoms with Gasteiger partial charge in [0.05, 0.1) is 17.9 Å². The molecular weight excluding hydrogens is 416 g/mol. The average Bonchev–Trinajstić information content (AvgIpc) is 2.75. The molecule has 0 atom stereocenters. The number of benzene rings is 1. The van der Waals surface area contributed by atoms with Crippen LogP contribution >= 0.6 is 0 Å². The maximum absolute atomic E-state index is 13.9. The highest BCUT2D eigenvalue weighted by atomic mass is 19.1. The van der Waals surface area contributed by atoms with Gasteiger partial charge in [-0.15, -0.1) is 0 Å². The molecule has 0 bridgehead atoms. The summed E-state index contributed by atoms with van der Waals surface area (Å²) >= 11 is 0. The van der Waals surface area contributed by atoms with E-state index in [1.165, 1.54) is 19.1 Å². The molecule has 32 heavy (non-hydrogen) atoms. The fraction of sp³-hybridized carbons (Fsp3) is 0.435. The van der Waals surface area contributed by atoms with Crippen LogP contribution in [0.15, 0.2) is 24.4 Å².